The SMILES string of the molecule is CC(=O)c1ccc(Oc2cc(F)c(Cl)cc2Br)cc1. The van der Waals surface area contributed by atoms with Gasteiger partial charge in [-0.05, 0) is 53.2 Å². The molecular weight excluding hydrogens is 335 g/mol. The van der Waals surface area contributed by atoms with Gasteiger partial charge in [-0.3, -0.25) is 4.79 Å². The molecule has 5 heteroatoms. The Hall–Kier alpha value is -1.39. The molecule has 0 N–H and O–H groups in total. The molecule has 0 saturated heterocycles. The van der Waals surface area contributed by atoms with Crippen molar-refractivity contribution in [3.05, 3.63) is 57.3 Å². The van der Waals surface area contributed by atoms with E-state index in [0.717, 1.165) is 0 Å². The molecule has 0 amide bonds. The van der Waals surface area contributed by atoms with Crippen LogP contribution in [-0.2, 0) is 0 Å². The standard InChI is InChI=1S/C14H9BrClFO2/c1-8(18)9-2-4-10(5-3-9)19-14-7-13(17)12(16)6-11(14)15/h2-7H,1H3. The summed E-state index contributed by atoms with van der Waals surface area (Å²) in [5.41, 5.74) is 0.591. The van der Waals surface area contributed by atoms with Crippen molar-refractivity contribution < 1.29 is 13.9 Å². The molecule has 0 saturated carbocycles. The number of benzene rings is 2. The van der Waals surface area contributed by atoms with Gasteiger partial charge >= 0.3 is 0 Å². The summed E-state index contributed by atoms with van der Waals surface area (Å²) in [5.74, 6) is 0.246. The summed E-state index contributed by atoms with van der Waals surface area (Å²) in [5, 5.41) is 0.0196. The van der Waals surface area contributed by atoms with Crippen LogP contribution in [0.5, 0.6) is 11.5 Å². The fourth-order valence-corrected chi connectivity index (χ4v) is 2.19. The molecule has 0 spiro atoms. The van der Waals surface area contributed by atoms with Gasteiger partial charge in [0.25, 0.3) is 0 Å². The van der Waals surface area contributed by atoms with Crippen LogP contribution in [0.25, 0.3) is 0 Å². The second kappa shape index (κ2) is 5.72. The van der Waals surface area contributed by atoms with E-state index in [0.29, 0.717) is 21.5 Å². The average molecular weight is 344 g/mol. The highest BCUT2D eigenvalue weighted by atomic mass is 79.9. The molecule has 0 bridgehead atoms. The molecule has 19 heavy (non-hydrogen) atoms. The van der Waals surface area contributed by atoms with Gasteiger partial charge in [-0.25, -0.2) is 4.39 Å². The Kier molecular flexibility index (Phi) is 4.22. The summed E-state index contributed by atoms with van der Waals surface area (Å²) in [6.45, 7) is 1.49. The van der Waals surface area contributed by atoms with Crippen LogP contribution in [0.4, 0.5) is 4.39 Å². The van der Waals surface area contributed by atoms with E-state index in [1.165, 1.54) is 19.1 Å². The Bertz CT molecular complexity index is 626. The maximum absolute atomic E-state index is 13.4. The number of hydrogen-bond acceptors (Lipinski definition) is 2. The molecule has 2 aromatic carbocycles. The van der Waals surface area contributed by atoms with Crippen molar-refractivity contribution in [2.24, 2.45) is 0 Å². The predicted molar refractivity (Wildman–Crippen MR) is 75.6 cm³/mol. The van der Waals surface area contributed by atoms with E-state index in [4.69, 9.17) is 16.3 Å². The lowest BCUT2D eigenvalue weighted by Crippen LogP contribution is -1.92. The largest absolute Gasteiger partial charge is 0.456 e. The van der Waals surface area contributed by atoms with Gasteiger partial charge < -0.3 is 4.74 Å². The van der Waals surface area contributed by atoms with E-state index in [1.807, 2.05) is 0 Å². The lowest BCUT2D eigenvalue weighted by atomic mass is 10.1. The summed E-state index contributed by atoms with van der Waals surface area (Å²) in [6.07, 6.45) is 0. The molecule has 0 heterocycles. The molecule has 0 aliphatic rings. The molecule has 0 fully saturated rings. The van der Waals surface area contributed by atoms with Crippen molar-refractivity contribution in [3.63, 3.8) is 0 Å². The molecule has 2 rings (SSSR count). The Labute approximate surface area is 123 Å². The lowest BCUT2D eigenvalue weighted by Gasteiger charge is -2.09. The molecule has 0 atom stereocenters. The van der Waals surface area contributed by atoms with Crippen LogP contribution in [-0.4, -0.2) is 5.78 Å². The zero-order valence-corrected chi connectivity index (χ0v) is 12.3. The van der Waals surface area contributed by atoms with Crippen molar-refractivity contribution in [1.82, 2.24) is 0 Å². The van der Waals surface area contributed by atoms with Crippen LogP contribution in [0.2, 0.25) is 5.02 Å². The van der Waals surface area contributed by atoms with Crippen LogP contribution in [0.1, 0.15) is 17.3 Å². The summed E-state index contributed by atoms with van der Waals surface area (Å²) in [7, 11) is 0. The number of rotatable bonds is 3. The number of carbonyl (C=O) groups excluding carboxylic acids is 1. The predicted octanol–water partition coefficient (Wildman–Crippen LogP) is 5.24. The van der Waals surface area contributed by atoms with E-state index in [-0.39, 0.29) is 10.8 Å². The monoisotopic (exact) mass is 342 g/mol. The van der Waals surface area contributed by atoms with Crippen molar-refractivity contribution in [1.29, 1.82) is 0 Å². The third-order valence-corrected chi connectivity index (χ3v) is 3.37. The van der Waals surface area contributed by atoms with Gasteiger partial charge in [-0.1, -0.05) is 11.6 Å². The van der Waals surface area contributed by atoms with Crippen molar-refractivity contribution in [2.45, 2.75) is 6.92 Å². The number of Topliss-reactive ketones (excluding diaryl/α,β-unsaturated/α-hetero) is 1. The first-order valence-electron chi connectivity index (χ1n) is 5.41. The van der Waals surface area contributed by atoms with Crippen molar-refractivity contribution in [3.8, 4) is 11.5 Å². The first kappa shape index (κ1) is 14.0. The summed E-state index contributed by atoms with van der Waals surface area (Å²) in [6, 6.07) is 9.22. The molecule has 0 aromatic heterocycles. The van der Waals surface area contributed by atoms with Gasteiger partial charge in [0.15, 0.2) is 5.78 Å². The molecule has 0 unspecified atom stereocenters. The highest BCUT2D eigenvalue weighted by Gasteiger charge is 2.09. The second-order valence-corrected chi connectivity index (χ2v) is 5.14. The number of ether oxygens (including phenoxy) is 1. The molecule has 2 nitrogen and oxygen atoms in total. The van der Waals surface area contributed by atoms with Gasteiger partial charge in [0.2, 0.25) is 0 Å². The Morgan fingerprint density at radius 3 is 2.47 bits per heavy atom. The van der Waals surface area contributed by atoms with Gasteiger partial charge in [0.05, 0.1) is 9.50 Å². The lowest BCUT2D eigenvalue weighted by molar-refractivity contribution is 0.101. The fraction of sp³-hybridized carbons (Fsp3) is 0.0714. The van der Waals surface area contributed by atoms with Crippen LogP contribution >= 0.6 is 27.5 Å². The second-order valence-electron chi connectivity index (χ2n) is 3.88. The zero-order valence-electron chi connectivity index (χ0n) is 9.91. The van der Waals surface area contributed by atoms with E-state index in [9.17, 15) is 9.18 Å². The minimum absolute atomic E-state index is 0.0196. The van der Waals surface area contributed by atoms with Crippen LogP contribution in [0.3, 0.4) is 0 Å². The molecule has 0 aliphatic carbocycles. The van der Waals surface area contributed by atoms with Gasteiger partial charge in [0, 0.05) is 11.6 Å². The fourth-order valence-electron chi connectivity index (χ4n) is 1.47. The first-order chi connectivity index (χ1) is 8.97. The normalized spacial score (nSPS) is 10.3. The maximum atomic E-state index is 13.4. The first-order valence-corrected chi connectivity index (χ1v) is 6.58. The van der Waals surface area contributed by atoms with Crippen molar-refractivity contribution >= 4 is 33.3 Å². The highest BCUT2D eigenvalue weighted by molar-refractivity contribution is 9.10. The maximum Gasteiger partial charge on any atom is 0.159 e. The quantitative estimate of drug-likeness (QED) is 0.563. The van der Waals surface area contributed by atoms with Crippen LogP contribution < -0.4 is 4.74 Å². The van der Waals surface area contributed by atoms with Gasteiger partial charge in [-0.15, -0.1) is 0 Å². The van der Waals surface area contributed by atoms with Crippen LogP contribution in [0, 0.1) is 5.82 Å². The van der Waals surface area contributed by atoms with E-state index >= 15 is 0 Å². The average Bonchev–Trinajstić information content (AvgIpc) is 2.36. The Balaban J connectivity index is 2.26. The number of ketones is 1. The third kappa shape index (κ3) is 3.33. The van der Waals surface area contributed by atoms with E-state index in [2.05, 4.69) is 15.9 Å². The number of carbonyl (C=O) groups is 1. The van der Waals surface area contributed by atoms with Crippen LogP contribution in [0.15, 0.2) is 40.9 Å². The van der Waals surface area contributed by atoms with E-state index in [1.54, 1.807) is 24.3 Å². The molecule has 98 valence electrons. The Morgan fingerprint density at radius 1 is 1.26 bits per heavy atom. The topological polar surface area (TPSA) is 26.3 Å². The number of halogens is 3. The molecule has 2 aromatic rings. The Morgan fingerprint density at radius 2 is 1.89 bits per heavy atom. The highest BCUT2D eigenvalue weighted by Crippen LogP contribution is 2.33. The number of hydrogen-bond donors (Lipinski definition) is 0. The summed E-state index contributed by atoms with van der Waals surface area (Å²) >= 11 is 8.89. The minimum Gasteiger partial charge on any atom is -0.456 e. The van der Waals surface area contributed by atoms with Crippen molar-refractivity contribution in [2.75, 3.05) is 0 Å². The minimum atomic E-state index is -0.555. The third-order valence-electron chi connectivity index (χ3n) is 2.46. The van der Waals surface area contributed by atoms with E-state index < -0.39 is 5.82 Å². The zero-order chi connectivity index (χ0) is 14.0. The van der Waals surface area contributed by atoms with Gasteiger partial charge in [0.1, 0.15) is 17.3 Å². The molecular formula is C14H9BrClFO2. The smallest absolute Gasteiger partial charge is 0.159 e. The summed E-state index contributed by atoms with van der Waals surface area (Å²) < 4.78 is 19.4. The molecule has 0 radical (unpaired) electrons. The molecule has 0 aliphatic heterocycles. The van der Waals surface area contributed by atoms with Gasteiger partial charge in [-0.2, -0.15) is 0 Å². The summed E-state index contributed by atoms with van der Waals surface area (Å²) in [4.78, 5) is 11.1.